The summed E-state index contributed by atoms with van der Waals surface area (Å²) in [7, 11) is 0. The molecule has 1 unspecified atom stereocenters. The number of piperidine rings is 1. The lowest BCUT2D eigenvalue weighted by molar-refractivity contribution is -0.0449. The van der Waals surface area contributed by atoms with Gasteiger partial charge in [-0.2, -0.15) is 0 Å². The molecule has 0 spiro atoms. The van der Waals surface area contributed by atoms with E-state index in [-0.39, 0.29) is 6.61 Å². The largest absolute Gasteiger partial charge is 0.467 e. The van der Waals surface area contributed by atoms with Crippen LogP contribution in [0.4, 0.5) is 0 Å². The van der Waals surface area contributed by atoms with Gasteiger partial charge in [0.2, 0.25) is 0 Å². The molecule has 1 atom stereocenters. The second-order valence-corrected chi connectivity index (χ2v) is 7.02. The molecule has 3 rings (SSSR count). The molecule has 25 heavy (non-hydrogen) atoms. The first-order valence-electron chi connectivity index (χ1n) is 8.54. The fourth-order valence-corrected chi connectivity index (χ4v) is 3.32. The molecule has 5 nitrogen and oxygen atoms in total. The van der Waals surface area contributed by atoms with E-state index in [1.807, 2.05) is 24.3 Å². The maximum Gasteiger partial charge on any atom is 0.129 e. The molecule has 1 aliphatic heterocycles. The van der Waals surface area contributed by atoms with Gasteiger partial charge >= 0.3 is 0 Å². The van der Waals surface area contributed by atoms with E-state index >= 15 is 0 Å². The van der Waals surface area contributed by atoms with Crippen LogP contribution in [0.3, 0.4) is 0 Å². The van der Waals surface area contributed by atoms with Gasteiger partial charge in [-0.1, -0.05) is 23.7 Å². The number of nitrogens with zero attached hydrogens (tertiary/aromatic N) is 1. The highest BCUT2D eigenvalue weighted by Gasteiger charge is 2.34. The Hall–Kier alpha value is -1.37. The van der Waals surface area contributed by atoms with E-state index in [1.165, 1.54) is 0 Å². The SMILES string of the molecule is OC(COCc1ccco1)CN1CCC(O)(c2ccc(Cl)cc2)CC1. The minimum Gasteiger partial charge on any atom is -0.467 e. The van der Waals surface area contributed by atoms with E-state index in [0.29, 0.717) is 31.0 Å². The molecule has 0 bridgehead atoms. The van der Waals surface area contributed by atoms with Crippen LogP contribution in [0.15, 0.2) is 47.1 Å². The van der Waals surface area contributed by atoms with Gasteiger partial charge in [-0.3, -0.25) is 0 Å². The monoisotopic (exact) mass is 365 g/mol. The van der Waals surface area contributed by atoms with E-state index in [1.54, 1.807) is 18.4 Å². The van der Waals surface area contributed by atoms with Crippen molar-refractivity contribution in [2.75, 3.05) is 26.2 Å². The van der Waals surface area contributed by atoms with Gasteiger partial charge in [-0.05, 0) is 42.7 Å². The van der Waals surface area contributed by atoms with E-state index in [4.69, 9.17) is 20.8 Å². The molecule has 0 saturated carbocycles. The minimum absolute atomic E-state index is 0.263. The Morgan fingerprint density at radius 1 is 1.20 bits per heavy atom. The molecule has 136 valence electrons. The lowest BCUT2D eigenvalue weighted by atomic mass is 9.84. The number of likely N-dealkylation sites (tertiary alicyclic amines) is 1. The fourth-order valence-electron chi connectivity index (χ4n) is 3.20. The molecular formula is C19H24ClNO4. The third-order valence-electron chi connectivity index (χ3n) is 4.67. The maximum absolute atomic E-state index is 10.9. The standard InChI is InChI=1S/C19H24ClNO4/c20-16-5-3-15(4-6-16)19(23)7-9-21(10-8-19)12-17(22)13-24-14-18-2-1-11-25-18/h1-6,11,17,22-23H,7-10,12-14H2. The van der Waals surface area contributed by atoms with Gasteiger partial charge in [0.25, 0.3) is 0 Å². The highest BCUT2D eigenvalue weighted by Crippen LogP contribution is 2.33. The Morgan fingerprint density at radius 3 is 2.56 bits per heavy atom. The fraction of sp³-hybridized carbons (Fsp3) is 0.474. The number of halogens is 1. The van der Waals surface area contributed by atoms with E-state index in [9.17, 15) is 10.2 Å². The number of β-amino-alcohol motifs (C(OH)–C–C–N with tert-alkyl or cyclic N) is 1. The Labute approximate surface area is 152 Å². The van der Waals surface area contributed by atoms with Crippen molar-refractivity contribution in [1.29, 1.82) is 0 Å². The van der Waals surface area contributed by atoms with Crippen molar-refractivity contribution >= 4 is 11.6 Å². The molecule has 1 aromatic carbocycles. The van der Waals surface area contributed by atoms with Crippen molar-refractivity contribution in [1.82, 2.24) is 4.90 Å². The van der Waals surface area contributed by atoms with Crippen molar-refractivity contribution in [3.8, 4) is 0 Å². The van der Waals surface area contributed by atoms with Crippen LogP contribution in [0, 0.1) is 0 Å². The predicted molar refractivity (Wildman–Crippen MR) is 95.4 cm³/mol. The Balaban J connectivity index is 1.41. The van der Waals surface area contributed by atoms with Crippen molar-refractivity contribution < 1.29 is 19.4 Å². The van der Waals surface area contributed by atoms with E-state index in [2.05, 4.69) is 4.90 Å². The molecule has 2 heterocycles. The number of ether oxygens (including phenoxy) is 1. The summed E-state index contributed by atoms with van der Waals surface area (Å²) in [5.74, 6) is 0.748. The predicted octanol–water partition coefficient (Wildman–Crippen LogP) is 2.79. The van der Waals surface area contributed by atoms with Crippen LogP contribution in [0.1, 0.15) is 24.2 Å². The molecule has 6 heteroatoms. The number of hydrogen-bond donors (Lipinski definition) is 2. The molecule has 2 N–H and O–H groups in total. The van der Waals surface area contributed by atoms with Crippen LogP contribution in [0.5, 0.6) is 0 Å². The van der Waals surface area contributed by atoms with Gasteiger partial charge in [0.05, 0.1) is 24.6 Å². The summed E-state index contributed by atoms with van der Waals surface area (Å²) in [5, 5.41) is 21.7. The van der Waals surface area contributed by atoms with Crippen LogP contribution in [0.25, 0.3) is 0 Å². The number of hydrogen-bond acceptors (Lipinski definition) is 5. The normalized spacial score (nSPS) is 19.0. The molecule has 0 radical (unpaired) electrons. The van der Waals surface area contributed by atoms with Crippen LogP contribution in [-0.4, -0.2) is 47.5 Å². The number of aliphatic hydroxyl groups is 2. The van der Waals surface area contributed by atoms with Crippen LogP contribution in [0.2, 0.25) is 5.02 Å². The number of aliphatic hydroxyl groups excluding tert-OH is 1. The summed E-state index contributed by atoms with van der Waals surface area (Å²) in [6, 6.07) is 11.0. The molecule has 1 aromatic heterocycles. The first-order valence-corrected chi connectivity index (χ1v) is 8.92. The quantitative estimate of drug-likeness (QED) is 0.789. The summed E-state index contributed by atoms with van der Waals surface area (Å²) in [6.45, 7) is 2.62. The Bertz CT molecular complexity index is 636. The first kappa shape index (κ1) is 18.4. The van der Waals surface area contributed by atoms with E-state index < -0.39 is 11.7 Å². The summed E-state index contributed by atoms with van der Waals surface area (Å²) >= 11 is 5.92. The number of furan rings is 1. The van der Waals surface area contributed by atoms with Crippen molar-refractivity contribution in [2.45, 2.75) is 31.2 Å². The Kier molecular flexibility index (Phi) is 6.15. The van der Waals surface area contributed by atoms with Crippen LogP contribution in [-0.2, 0) is 16.9 Å². The van der Waals surface area contributed by atoms with Gasteiger partial charge < -0.3 is 24.3 Å². The zero-order valence-electron chi connectivity index (χ0n) is 14.1. The van der Waals surface area contributed by atoms with Gasteiger partial charge in [0.1, 0.15) is 12.4 Å². The third-order valence-corrected chi connectivity index (χ3v) is 4.92. The first-order chi connectivity index (χ1) is 12.0. The zero-order valence-corrected chi connectivity index (χ0v) is 14.9. The van der Waals surface area contributed by atoms with E-state index in [0.717, 1.165) is 24.4 Å². The number of rotatable bonds is 7. The Morgan fingerprint density at radius 2 is 1.92 bits per heavy atom. The summed E-state index contributed by atoms with van der Waals surface area (Å²) in [4.78, 5) is 2.16. The molecule has 1 fully saturated rings. The third kappa shape index (κ3) is 5.06. The van der Waals surface area contributed by atoms with Crippen LogP contribution < -0.4 is 0 Å². The van der Waals surface area contributed by atoms with Gasteiger partial charge in [0, 0.05) is 24.7 Å². The second-order valence-electron chi connectivity index (χ2n) is 6.59. The van der Waals surface area contributed by atoms with Crippen molar-refractivity contribution in [2.24, 2.45) is 0 Å². The van der Waals surface area contributed by atoms with Crippen molar-refractivity contribution in [3.05, 3.63) is 59.0 Å². The van der Waals surface area contributed by atoms with Gasteiger partial charge in [0.15, 0.2) is 0 Å². The lowest BCUT2D eigenvalue weighted by Crippen LogP contribution is -2.45. The molecule has 0 amide bonds. The van der Waals surface area contributed by atoms with Crippen LogP contribution >= 0.6 is 11.6 Å². The topological polar surface area (TPSA) is 66.1 Å². The maximum atomic E-state index is 10.9. The molecule has 1 saturated heterocycles. The second kappa shape index (κ2) is 8.34. The zero-order chi connectivity index (χ0) is 17.7. The average Bonchev–Trinajstić information content (AvgIpc) is 3.11. The summed E-state index contributed by atoms with van der Waals surface area (Å²) < 4.78 is 10.7. The van der Waals surface area contributed by atoms with Crippen molar-refractivity contribution in [3.63, 3.8) is 0 Å². The highest BCUT2D eigenvalue weighted by atomic mass is 35.5. The molecule has 1 aliphatic rings. The highest BCUT2D eigenvalue weighted by molar-refractivity contribution is 6.30. The number of benzene rings is 1. The summed E-state index contributed by atoms with van der Waals surface area (Å²) in [6.07, 6.45) is 2.31. The molecular weight excluding hydrogens is 342 g/mol. The lowest BCUT2D eigenvalue weighted by Gasteiger charge is -2.39. The van der Waals surface area contributed by atoms with Gasteiger partial charge in [-0.15, -0.1) is 0 Å². The average molecular weight is 366 g/mol. The smallest absolute Gasteiger partial charge is 0.129 e. The summed E-state index contributed by atoms with van der Waals surface area (Å²) in [5.41, 5.74) is 0.0841. The minimum atomic E-state index is -0.818. The molecule has 0 aliphatic carbocycles. The van der Waals surface area contributed by atoms with Gasteiger partial charge in [-0.25, -0.2) is 0 Å². The molecule has 2 aromatic rings.